The Bertz CT molecular complexity index is 562. The fourth-order valence-corrected chi connectivity index (χ4v) is 2.39. The fourth-order valence-electron chi connectivity index (χ4n) is 2.00. The summed E-state index contributed by atoms with van der Waals surface area (Å²) < 4.78 is 14.2. The Kier molecular flexibility index (Phi) is 4.50. The van der Waals surface area contributed by atoms with Crippen molar-refractivity contribution in [2.75, 3.05) is 18.5 Å². The monoisotopic (exact) mass is 323 g/mol. The highest BCUT2D eigenvalue weighted by atomic mass is 79.9. The molecule has 1 unspecified atom stereocenters. The molecular weight excluding hydrogens is 309 g/mol. The molecule has 0 saturated heterocycles. The molecule has 0 aliphatic rings. The minimum atomic E-state index is -0.257. The molecular formula is C14H15BrFN3. The minimum absolute atomic E-state index is 0.0493. The van der Waals surface area contributed by atoms with Crippen molar-refractivity contribution in [2.24, 2.45) is 5.73 Å². The highest BCUT2D eigenvalue weighted by Crippen LogP contribution is 2.26. The molecule has 0 bridgehead atoms. The zero-order chi connectivity index (χ0) is 13.8. The summed E-state index contributed by atoms with van der Waals surface area (Å²) in [5.41, 5.74) is 7.63. The largest absolute Gasteiger partial charge is 0.366 e. The lowest BCUT2D eigenvalue weighted by molar-refractivity contribution is 0.623. The Labute approximate surface area is 120 Å². The maximum atomic E-state index is 13.3. The van der Waals surface area contributed by atoms with E-state index in [1.807, 2.05) is 24.1 Å². The number of likely N-dealkylation sites (N-methyl/N-ethyl adjacent to an activating group) is 1. The van der Waals surface area contributed by atoms with E-state index in [-0.39, 0.29) is 11.9 Å². The Morgan fingerprint density at radius 1 is 1.37 bits per heavy atom. The zero-order valence-electron chi connectivity index (χ0n) is 10.6. The standard InChI is InChI=1S/C14H15BrFN3/c1-19(13-4-2-3-12(16)6-13)14(7-17)10-5-11(15)9-18-8-10/h2-6,8-9,14H,7,17H2,1H3. The molecule has 1 aromatic heterocycles. The smallest absolute Gasteiger partial charge is 0.125 e. The number of nitrogens with zero attached hydrogens (tertiary/aromatic N) is 2. The van der Waals surface area contributed by atoms with Gasteiger partial charge in [-0.05, 0) is 45.8 Å². The van der Waals surface area contributed by atoms with E-state index in [1.165, 1.54) is 12.1 Å². The van der Waals surface area contributed by atoms with E-state index in [4.69, 9.17) is 5.73 Å². The highest BCUT2D eigenvalue weighted by Gasteiger charge is 2.17. The fraction of sp³-hybridized carbons (Fsp3) is 0.214. The second kappa shape index (κ2) is 6.12. The summed E-state index contributed by atoms with van der Waals surface area (Å²) in [4.78, 5) is 6.09. The molecule has 0 aliphatic carbocycles. The van der Waals surface area contributed by atoms with Gasteiger partial charge in [-0.1, -0.05) is 6.07 Å². The number of benzene rings is 1. The quantitative estimate of drug-likeness (QED) is 0.940. The molecule has 19 heavy (non-hydrogen) atoms. The average Bonchev–Trinajstić information content (AvgIpc) is 2.39. The third-order valence-electron chi connectivity index (χ3n) is 3.02. The van der Waals surface area contributed by atoms with Crippen molar-refractivity contribution >= 4 is 21.6 Å². The van der Waals surface area contributed by atoms with Crippen molar-refractivity contribution in [3.63, 3.8) is 0 Å². The van der Waals surface area contributed by atoms with Gasteiger partial charge in [-0.3, -0.25) is 4.98 Å². The van der Waals surface area contributed by atoms with Crippen LogP contribution in [0.4, 0.5) is 10.1 Å². The van der Waals surface area contributed by atoms with Crippen LogP contribution in [0.25, 0.3) is 0 Å². The van der Waals surface area contributed by atoms with Crippen LogP contribution in [-0.2, 0) is 0 Å². The molecule has 1 heterocycles. The number of hydrogen-bond acceptors (Lipinski definition) is 3. The van der Waals surface area contributed by atoms with E-state index in [0.717, 1.165) is 15.7 Å². The van der Waals surface area contributed by atoms with Crippen LogP contribution in [-0.4, -0.2) is 18.6 Å². The van der Waals surface area contributed by atoms with E-state index in [9.17, 15) is 4.39 Å². The van der Waals surface area contributed by atoms with Gasteiger partial charge in [-0.15, -0.1) is 0 Å². The molecule has 2 N–H and O–H groups in total. The van der Waals surface area contributed by atoms with Gasteiger partial charge in [-0.25, -0.2) is 4.39 Å². The first kappa shape index (κ1) is 14.0. The van der Waals surface area contributed by atoms with Crippen LogP contribution < -0.4 is 10.6 Å². The first-order chi connectivity index (χ1) is 9.11. The van der Waals surface area contributed by atoms with Crippen molar-refractivity contribution < 1.29 is 4.39 Å². The number of nitrogens with two attached hydrogens (primary N) is 1. The Morgan fingerprint density at radius 2 is 2.16 bits per heavy atom. The van der Waals surface area contributed by atoms with Gasteiger partial charge in [0.2, 0.25) is 0 Å². The molecule has 2 rings (SSSR count). The Morgan fingerprint density at radius 3 is 2.79 bits per heavy atom. The predicted molar refractivity (Wildman–Crippen MR) is 78.5 cm³/mol. The summed E-state index contributed by atoms with van der Waals surface area (Å²) in [6.45, 7) is 0.422. The van der Waals surface area contributed by atoms with E-state index < -0.39 is 0 Å². The molecule has 3 nitrogen and oxygen atoms in total. The average molecular weight is 324 g/mol. The lowest BCUT2D eigenvalue weighted by atomic mass is 10.1. The summed E-state index contributed by atoms with van der Waals surface area (Å²) in [5.74, 6) is -0.257. The molecule has 0 spiro atoms. The van der Waals surface area contributed by atoms with Gasteiger partial charge in [-0.2, -0.15) is 0 Å². The van der Waals surface area contributed by atoms with Crippen LogP contribution in [0.3, 0.4) is 0 Å². The molecule has 0 aliphatic heterocycles. The molecule has 5 heteroatoms. The Hall–Kier alpha value is -1.46. The second-order valence-electron chi connectivity index (χ2n) is 4.28. The van der Waals surface area contributed by atoms with E-state index >= 15 is 0 Å². The van der Waals surface area contributed by atoms with Crippen molar-refractivity contribution in [1.29, 1.82) is 0 Å². The number of aromatic nitrogens is 1. The molecule has 0 amide bonds. The van der Waals surface area contributed by atoms with Gasteiger partial charge < -0.3 is 10.6 Å². The summed E-state index contributed by atoms with van der Waals surface area (Å²) >= 11 is 3.39. The number of hydrogen-bond donors (Lipinski definition) is 1. The van der Waals surface area contributed by atoms with Crippen LogP contribution in [0.5, 0.6) is 0 Å². The van der Waals surface area contributed by atoms with Crippen LogP contribution in [0.2, 0.25) is 0 Å². The van der Waals surface area contributed by atoms with E-state index in [0.29, 0.717) is 6.54 Å². The number of pyridine rings is 1. The van der Waals surface area contributed by atoms with Crippen molar-refractivity contribution in [3.05, 3.63) is 58.6 Å². The van der Waals surface area contributed by atoms with Gasteiger partial charge in [0.05, 0.1) is 6.04 Å². The molecule has 1 atom stereocenters. The third-order valence-corrected chi connectivity index (χ3v) is 3.45. The van der Waals surface area contributed by atoms with Gasteiger partial charge in [0.25, 0.3) is 0 Å². The lowest BCUT2D eigenvalue weighted by Gasteiger charge is -2.29. The summed E-state index contributed by atoms with van der Waals surface area (Å²) in [6, 6.07) is 8.39. The van der Waals surface area contributed by atoms with Gasteiger partial charge in [0.15, 0.2) is 0 Å². The normalized spacial score (nSPS) is 12.2. The third kappa shape index (κ3) is 3.30. The number of rotatable bonds is 4. The molecule has 2 aromatic rings. The SMILES string of the molecule is CN(c1cccc(F)c1)C(CN)c1cncc(Br)c1. The van der Waals surface area contributed by atoms with Crippen LogP contribution in [0, 0.1) is 5.82 Å². The number of anilines is 1. The number of halogens is 2. The summed E-state index contributed by atoms with van der Waals surface area (Å²) in [6.07, 6.45) is 3.50. The van der Waals surface area contributed by atoms with E-state index in [1.54, 1.807) is 18.5 Å². The lowest BCUT2D eigenvalue weighted by Crippen LogP contribution is -2.30. The second-order valence-corrected chi connectivity index (χ2v) is 5.19. The molecule has 0 saturated carbocycles. The molecule has 0 radical (unpaired) electrons. The summed E-state index contributed by atoms with van der Waals surface area (Å²) in [7, 11) is 1.90. The van der Waals surface area contributed by atoms with Gasteiger partial charge in [0.1, 0.15) is 5.82 Å². The first-order valence-corrected chi connectivity index (χ1v) is 6.70. The topological polar surface area (TPSA) is 42.1 Å². The Balaban J connectivity index is 2.31. The molecule has 1 aromatic carbocycles. The van der Waals surface area contributed by atoms with E-state index in [2.05, 4.69) is 20.9 Å². The zero-order valence-corrected chi connectivity index (χ0v) is 12.1. The van der Waals surface area contributed by atoms with Crippen LogP contribution in [0.1, 0.15) is 11.6 Å². The van der Waals surface area contributed by atoms with Crippen molar-refractivity contribution in [2.45, 2.75) is 6.04 Å². The molecule has 0 fully saturated rings. The minimum Gasteiger partial charge on any atom is -0.366 e. The predicted octanol–water partition coefficient (Wildman–Crippen LogP) is 3.12. The first-order valence-electron chi connectivity index (χ1n) is 5.90. The van der Waals surface area contributed by atoms with Gasteiger partial charge in [0, 0.05) is 36.1 Å². The van der Waals surface area contributed by atoms with Crippen molar-refractivity contribution in [3.8, 4) is 0 Å². The summed E-state index contributed by atoms with van der Waals surface area (Å²) in [5, 5.41) is 0. The van der Waals surface area contributed by atoms with Gasteiger partial charge >= 0.3 is 0 Å². The maximum Gasteiger partial charge on any atom is 0.125 e. The van der Waals surface area contributed by atoms with Crippen LogP contribution >= 0.6 is 15.9 Å². The highest BCUT2D eigenvalue weighted by molar-refractivity contribution is 9.10. The maximum absolute atomic E-state index is 13.3. The van der Waals surface area contributed by atoms with Crippen LogP contribution in [0.15, 0.2) is 47.2 Å². The van der Waals surface area contributed by atoms with Crippen molar-refractivity contribution in [1.82, 2.24) is 4.98 Å². The molecule has 100 valence electrons.